The Morgan fingerprint density at radius 2 is 1.95 bits per heavy atom. The van der Waals surface area contributed by atoms with Gasteiger partial charge in [-0.2, -0.15) is 5.10 Å². The van der Waals surface area contributed by atoms with Crippen LogP contribution in [0, 0.1) is 0 Å². The van der Waals surface area contributed by atoms with E-state index in [1.807, 2.05) is 11.7 Å². The van der Waals surface area contributed by atoms with E-state index in [4.69, 9.17) is 0 Å². The van der Waals surface area contributed by atoms with Crippen LogP contribution in [-0.2, 0) is 35.6 Å². The smallest absolute Gasteiger partial charge is 0.149 e. The summed E-state index contributed by atoms with van der Waals surface area (Å²) in [5, 5.41) is 7.73. The molecule has 0 aliphatic heterocycles. The quantitative estimate of drug-likeness (QED) is 0.768. The molecule has 0 aliphatic rings. The molecule has 5 nitrogen and oxygen atoms in total. The first kappa shape index (κ1) is 16.2. The Balaban J connectivity index is 3.00. The second kappa shape index (κ2) is 7.05. The zero-order chi connectivity index (χ0) is 14.5. The first-order valence-electron chi connectivity index (χ1n) is 6.82. The second-order valence-electron chi connectivity index (χ2n) is 4.79. The van der Waals surface area contributed by atoms with Crippen LogP contribution in [0.1, 0.15) is 30.8 Å². The van der Waals surface area contributed by atoms with E-state index in [-0.39, 0.29) is 5.75 Å². The minimum atomic E-state index is -2.95. The molecule has 0 saturated heterocycles. The molecular formula is C13H25N3O2S. The molecule has 0 spiro atoms. The van der Waals surface area contributed by atoms with E-state index >= 15 is 0 Å². The number of likely N-dealkylation sites (N-methyl/N-ethyl adjacent to an activating group) is 1. The highest BCUT2D eigenvalue weighted by molar-refractivity contribution is 7.90. The number of nitrogens with one attached hydrogen (secondary N) is 1. The molecule has 0 bridgehead atoms. The van der Waals surface area contributed by atoms with Gasteiger partial charge >= 0.3 is 0 Å². The average Bonchev–Trinajstić information content (AvgIpc) is 2.69. The highest BCUT2D eigenvalue weighted by atomic mass is 32.2. The van der Waals surface area contributed by atoms with Gasteiger partial charge in [0, 0.05) is 11.9 Å². The third-order valence-electron chi connectivity index (χ3n) is 3.22. The third-order valence-corrected chi connectivity index (χ3v) is 4.14. The Bertz CT molecular complexity index is 506. The molecule has 1 aromatic rings. The molecule has 0 saturated carbocycles. The summed E-state index contributed by atoms with van der Waals surface area (Å²) in [6.07, 6.45) is 3.99. The van der Waals surface area contributed by atoms with E-state index in [0.717, 1.165) is 31.5 Å². The molecule has 1 aromatic heterocycles. The van der Waals surface area contributed by atoms with Crippen molar-refractivity contribution < 1.29 is 8.42 Å². The highest BCUT2D eigenvalue weighted by Gasteiger charge is 2.15. The van der Waals surface area contributed by atoms with Gasteiger partial charge in [-0.15, -0.1) is 0 Å². The van der Waals surface area contributed by atoms with Gasteiger partial charge < -0.3 is 5.32 Å². The Hall–Kier alpha value is -0.880. The molecule has 0 amide bonds. The number of aryl methyl sites for hydroxylation is 2. The molecule has 0 atom stereocenters. The largest absolute Gasteiger partial charge is 0.319 e. The zero-order valence-electron chi connectivity index (χ0n) is 12.4. The van der Waals surface area contributed by atoms with Crippen molar-refractivity contribution in [2.45, 2.75) is 39.7 Å². The van der Waals surface area contributed by atoms with Crippen molar-refractivity contribution in [2.24, 2.45) is 0 Å². The average molecular weight is 287 g/mol. The van der Waals surface area contributed by atoms with Gasteiger partial charge in [0.05, 0.1) is 18.0 Å². The van der Waals surface area contributed by atoms with E-state index in [1.165, 1.54) is 17.5 Å². The van der Waals surface area contributed by atoms with Crippen molar-refractivity contribution in [3.05, 3.63) is 17.0 Å². The molecule has 110 valence electrons. The van der Waals surface area contributed by atoms with Gasteiger partial charge in [-0.1, -0.05) is 13.8 Å². The van der Waals surface area contributed by atoms with E-state index in [9.17, 15) is 8.42 Å². The first-order valence-corrected chi connectivity index (χ1v) is 8.88. The van der Waals surface area contributed by atoms with Crippen molar-refractivity contribution >= 4 is 9.84 Å². The fraction of sp³-hybridized carbons (Fsp3) is 0.769. The normalized spacial score (nSPS) is 12.0. The number of hydrogen-bond donors (Lipinski definition) is 1. The molecule has 0 radical (unpaired) electrons. The van der Waals surface area contributed by atoms with Crippen LogP contribution in [0.3, 0.4) is 0 Å². The van der Waals surface area contributed by atoms with E-state index in [0.29, 0.717) is 6.54 Å². The Kier molecular flexibility index (Phi) is 6.00. The lowest BCUT2D eigenvalue weighted by atomic mass is 10.1. The molecule has 19 heavy (non-hydrogen) atoms. The van der Waals surface area contributed by atoms with Crippen molar-refractivity contribution in [3.63, 3.8) is 0 Å². The van der Waals surface area contributed by atoms with Gasteiger partial charge in [0.2, 0.25) is 0 Å². The number of aromatic nitrogens is 2. The molecule has 1 rings (SSSR count). The number of hydrogen-bond acceptors (Lipinski definition) is 4. The van der Waals surface area contributed by atoms with E-state index in [2.05, 4.69) is 24.3 Å². The van der Waals surface area contributed by atoms with Crippen molar-refractivity contribution in [3.8, 4) is 0 Å². The van der Waals surface area contributed by atoms with Gasteiger partial charge in [-0.05, 0) is 38.4 Å². The Labute approximate surface area is 116 Å². The van der Waals surface area contributed by atoms with Gasteiger partial charge in [-0.25, -0.2) is 8.42 Å². The molecule has 0 aliphatic carbocycles. The van der Waals surface area contributed by atoms with Gasteiger partial charge in [0.1, 0.15) is 9.84 Å². The summed E-state index contributed by atoms with van der Waals surface area (Å²) in [5.74, 6) is 0.149. The molecule has 0 aromatic carbocycles. The maximum absolute atomic E-state index is 11.3. The highest BCUT2D eigenvalue weighted by Crippen LogP contribution is 2.17. The van der Waals surface area contributed by atoms with Gasteiger partial charge in [-0.3, -0.25) is 4.68 Å². The Morgan fingerprint density at radius 1 is 1.26 bits per heavy atom. The first-order chi connectivity index (χ1) is 8.92. The van der Waals surface area contributed by atoms with Crippen LogP contribution in [0.15, 0.2) is 0 Å². The van der Waals surface area contributed by atoms with Gasteiger partial charge in [0.15, 0.2) is 0 Å². The number of sulfone groups is 1. The molecule has 0 unspecified atom stereocenters. The summed E-state index contributed by atoms with van der Waals surface area (Å²) < 4.78 is 24.5. The van der Waals surface area contributed by atoms with Crippen LogP contribution in [-0.4, -0.2) is 43.8 Å². The lowest BCUT2D eigenvalue weighted by Gasteiger charge is -2.07. The van der Waals surface area contributed by atoms with Gasteiger partial charge in [0.25, 0.3) is 0 Å². The predicted molar refractivity (Wildman–Crippen MR) is 78.3 cm³/mol. The van der Waals surface area contributed by atoms with Crippen molar-refractivity contribution in [1.29, 1.82) is 0 Å². The SMILES string of the molecule is CCc1nn(CCS(C)(=O)=O)c(CC)c1CCNC. The summed E-state index contributed by atoms with van der Waals surface area (Å²) in [6.45, 7) is 5.55. The maximum Gasteiger partial charge on any atom is 0.149 e. The summed E-state index contributed by atoms with van der Waals surface area (Å²) in [4.78, 5) is 0. The van der Waals surface area contributed by atoms with Crippen LogP contribution in [0.25, 0.3) is 0 Å². The van der Waals surface area contributed by atoms with Crippen LogP contribution in [0.4, 0.5) is 0 Å². The monoisotopic (exact) mass is 287 g/mol. The van der Waals surface area contributed by atoms with Crippen LogP contribution >= 0.6 is 0 Å². The standard InChI is InChI=1S/C13H25N3O2S/c1-5-12-11(7-8-14-3)13(6-2)16(15-12)9-10-19(4,17)18/h14H,5-10H2,1-4H3. The van der Waals surface area contributed by atoms with Crippen LogP contribution < -0.4 is 5.32 Å². The fourth-order valence-corrected chi connectivity index (χ4v) is 2.75. The number of nitrogens with zero attached hydrogens (tertiary/aromatic N) is 2. The Morgan fingerprint density at radius 3 is 2.42 bits per heavy atom. The second-order valence-corrected chi connectivity index (χ2v) is 7.05. The summed E-state index contributed by atoms with van der Waals surface area (Å²) in [6, 6.07) is 0. The summed E-state index contributed by atoms with van der Waals surface area (Å²) >= 11 is 0. The topological polar surface area (TPSA) is 64.0 Å². The lowest BCUT2D eigenvalue weighted by Crippen LogP contribution is -2.15. The molecule has 6 heteroatoms. The zero-order valence-corrected chi connectivity index (χ0v) is 13.2. The molecular weight excluding hydrogens is 262 g/mol. The van der Waals surface area contributed by atoms with Crippen molar-refractivity contribution in [2.75, 3.05) is 25.6 Å². The summed E-state index contributed by atoms with van der Waals surface area (Å²) in [5.41, 5.74) is 3.56. The molecule has 0 fully saturated rings. The lowest BCUT2D eigenvalue weighted by molar-refractivity contribution is 0.576. The molecule has 1 heterocycles. The fourth-order valence-electron chi connectivity index (χ4n) is 2.24. The maximum atomic E-state index is 11.3. The minimum absolute atomic E-state index is 0.149. The van der Waals surface area contributed by atoms with Crippen LogP contribution in [0.5, 0.6) is 0 Å². The third kappa shape index (κ3) is 4.62. The van der Waals surface area contributed by atoms with Crippen LogP contribution in [0.2, 0.25) is 0 Å². The predicted octanol–water partition coefficient (Wildman–Crippen LogP) is 0.814. The number of rotatable bonds is 8. The van der Waals surface area contributed by atoms with E-state index < -0.39 is 9.84 Å². The minimum Gasteiger partial charge on any atom is -0.319 e. The van der Waals surface area contributed by atoms with Crippen molar-refractivity contribution in [1.82, 2.24) is 15.1 Å². The summed E-state index contributed by atoms with van der Waals surface area (Å²) in [7, 11) is -1.01. The molecule has 1 N–H and O–H groups in total. The van der Waals surface area contributed by atoms with E-state index in [1.54, 1.807) is 0 Å².